The topological polar surface area (TPSA) is 12.0 Å². The molecule has 0 radical (unpaired) electrons. The first-order valence-electron chi connectivity index (χ1n) is 1.68. The lowest BCUT2D eigenvalue weighted by molar-refractivity contribution is 0.229. The van der Waals surface area contributed by atoms with Crippen LogP contribution < -0.4 is 5.32 Å². The van der Waals surface area contributed by atoms with Crippen LogP contribution in [0.2, 0.25) is 0 Å². The van der Waals surface area contributed by atoms with Crippen LogP contribution in [0.4, 0.5) is 8.78 Å². The number of halogens is 2. The second-order valence-corrected chi connectivity index (χ2v) is 0.911. The molecule has 0 rings (SSSR count). The molecule has 1 atom stereocenters. The van der Waals surface area contributed by atoms with E-state index in [1.165, 1.54) is 7.05 Å². The number of alkyl halides is 2. The molecule has 0 saturated carbocycles. The van der Waals surface area contributed by atoms with Gasteiger partial charge in [0, 0.05) is 0 Å². The monoisotopic (exact) mass is 95.1 g/mol. The minimum atomic E-state index is -1.48. The van der Waals surface area contributed by atoms with Gasteiger partial charge in [-0.3, -0.25) is 5.32 Å². The molecule has 0 fully saturated rings. The average Bonchev–Trinajstić information content (AvgIpc) is 1.65. The lowest BCUT2D eigenvalue weighted by Crippen LogP contribution is -2.20. The fourth-order valence-corrected chi connectivity index (χ4v) is 0.0772. The molecule has 0 aromatic heterocycles. The SMILES string of the molecule is CNC(F)CF. The van der Waals surface area contributed by atoms with Crippen LogP contribution in [0, 0.1) is 0 Å². The van der Waals surface area contributed by atoms with Gasteiger partial charge in [0.05, 0.1) is 0 Å². The van der Waals surface area contributed by atoms with Crippen LogP contribution in [0.5, 0.6) is 0 Å². The van der Waals surface area contributed by atoms with Crippen LogP contribution in [0.3, 0.4) is 0 Å². The highest BCUT2D eigenvalue weighted by Gasteiger charge is 1.95. The minimum absolute atomic E-state index is 0.948. The van der Waals surface area contributed by atoms with Crippen molar-refractivity contribution in [3.63, 3.8) is 0 Å². The number of hydrogen-bond acceptors (Lipinski definition) is 1. The van der Waals surface area contributed by atoms with Crippen LogP contribution >= 0.6 is 0 Å². The summed E-state index contributed by atoms with van der Waals surface area (Å²) in [5, 5.41) is 2.07. The third kappa shape index (κ3) is 2.08. The summed E-state index contributed by atoms with van der Waals surface area (Å²) in [7, 11) is 1.37. The van der Waals surface area contributed by atoms with Gasteiger partial charge in [0.15, 0.2) is 6.30 Å². The second kappa shape index (κ2) is 3.03. The maximum absolute atomic E-state index is 11.4. The van der Waals surface area contributed by atoms with Gasteiger partial charge in [-0.1, -0.05) is 0 Å². The number of hydrogen-bond donors (Lipinski definition) is 1. The molecule has 0 amide bonds. The third-order valence-corrected chi connectivity index (χ3v) is 0.449. The van der Waals surface area contributed by atoms with E-state index in [9.17, 15) is 8.78 Å². The van der Waals surface area contributed by atoms with Gasteiger partial charge >= 0.3 is 0 Å². The summed E-state index contributed by atoms with van der Waals surface area (Å²) in [5.41, 5.74) is 0. The first kappa shape index (κ1) is 5.82. The van der Waals surface area contributed by atoms with Crippen LogP contribution in [0.1, 0.15) is 0 Å². The molecule has 1 unspecified atom stereocenters. The predicted molar refractivity (Wildman–Crippen MR) is 19.9 cm³/mol. The Hall–Kier alpha value is -0.180. The van der Waals surface area contributed by atoms with Crippen LogP contribution in [0.15, 0.2) is 0 Å². The summed E-state index contributed by atoms with van der Waals surface area (Å²) in [6, 6.07) is 0. The van der Waals surface area contributed by atoms with Crippen LogP contribution in [0.25, 0.3) is 0 Å². The molecule has 0 spiro atoms. The normalized spacial score (nSPS) is 14.5. The Balaban J connectivity index is 2.75. The van der Waals surface area contributed by atoms with Gasteiger partial charge in [-0.05, 0) is 7.05 Å². The van der Waals surface area contributed by atoms with E-state index < -0.39 is 13.0 Å². The maximum atomic E-state index is 11.4. The van der Waals surface area contributed by atoms with Gasteiger partial charge < -0.3 is 0 Å². The molecule has 0 aliphatic rings. The van der Waals surface area contributed by atoms with Gasteiger partial charge in [-0.2, -0.15) is 0 Å². The third-order valence-electron chi connectivity index (χ3n) is 0.449. The van der Waals surface area contributed by atoms with Gasteiger partial charge in [-0.15, -0.1) is 0 Å². The van der Waals surface area contributed by atoms with Crippen molar-refractivity contribution in [3.05, 3.63) is 0 Å². The Morgan fingerprint density at radius 2 is 2.33 bits per heavy atom. The van der Waals surface area contributed by atoms with Crippen molar-refractivity contribution >= 4 is 0 Å². The zero-order chi connectivity index (χ0) is 4.99. The molecule has 0 aromatic carbocycles. The summed E-state index contributed by atoms with van der Waals surface area (Å²) >= 11 is 0. The first-order chi connectivity index (χ1) is 2.81. The second-order valence-electron chi connectivity index (χ2n) is 0.911. The molecule has 0 aliphatic carbocycles. The smallest absolute Gasteiger partial charge is 0.179 e. The van der Waals surface area contributed by atoms with E-state index in [-0.39, 0.29) is 0 Å². The molecule has 0 aromatic rings. The van der Waals surface area contributed by atoms with E-state index in [4.69, 9.17) is 0 Å². The molecule has 0 saturated heterocycles. The molecule has 6 heavy (non-hydrogen) atoms. The molecular weight excluding hydrogens is 88.0 g/mol. The number of rotatable bonds is 2. The predicted octanol–water partition coefficient (Wildman–Crippen LogP) is 0.471. The molecule has 38 valence electrons. The molecule has 3 heteroatoms. The molecule has 1 nitrogen and oxygen atoms in total. The van der Waals surface area contributed by atoms with Crippen molar-refractivity contribution in [2.24, 2.45) is 0 Å². The average molecular weight is 95.1 g/mol. The largest absolute Gasteiger partial charge is 0.289 e. The van der Waals surface area contributed by atoms with Crippen molar-refractivity contribution in [1.82, 2.24) is 5.32 Å². The van der Waals surface area contributed by atoms with Gasteiger partial charge in [0.1, 0.15) is 6.67 Å². The molecule has 0 aliphatic heterocycles. The highest BCUT2D eigenvalue weighted by molar-refractivity contribution is 4.40. The van der Waals surface area contributed by atoms with Gasteiger partial charge in [0.2, 0.25) is 0 Å². The zero-order valence-electron chi connectivity index (χ0n) is 3.54. The summed E-state index contributed by atoms with van der Waals surface area (Å²) in [5.74, 6) is 0. The lowest BCUT2D eigenvalue weighted by Gasteiger charge is -1.95. The fourth-order valence-electron chi connectivity index (χ4n) is 0.0772. The Morgan fingerprint density at radius 1 is 1.83 bits per heavy atom. The van der Waals surface area contributed by atoms with Crippen molar-refractivity contribution in [2.45, 2.75) is 6.30 Å². The molecule has 0 bridgehead atoms. The Kier molecular flexibility index (Phi) is 2.94. The summed E-state index contributed by atoms with van der Waals surface area (Å²) in [6.07, 6.45) is -1.48. The van der Waals surface area contributed by atoms with Crippen molar-refractivity contribution in [1.29, 1.82) is 0 Å². The fraction of sp³-hybridized carbons (Fsp3) is 1.00. The summed E-state index contributed by atoms with van der Waals surface area (Å²) in [4.78, 5) is 0. The Morgan fingerprint density at radius 3 is 2.33 bits per heavy atom. The standard InChI is InChI=1S/C3H7F2N/c1-6-3(5)2-4/h3,6H,2H2,1H3. The highest BCUT2D eigenvalue weighted by atomic mass is 19.2. The Bertz CT molecular complexity index is 28.0. The van der Waals surface area contributed by atoms with Crippen LogP contribution in [-0.2, 0) is 0 Å². The molecule has 0 heterocycles. The highest BCUT2D eigenvalue weighted by Crippen LogP contribution is 1.80. The maximum Gasteiger partial charge on any atom is 0.179 e. The quantitative estimate of drug-likeness (QED) is 0.491. The summed E-state index contributed by atoms with van der Waals surface area (Å²) in [6.45, 7) is -0.948. The van der Waals surface area contributed by atoms with E-state index in [0.717, 1.165) is 0 Å². The molecular formula is C3H7F2N. The first-order valence-corrected chi connectivity index (χ1v) is 1.68. The van der Waals surface area contributed by atoms with E-state index in [1.54, 1.807) is 0 Å². The van der Waals surface area contributed by atoms with E-state index in [0.29, 0.717) is 0 Å². The van der Waals surface area contributed by atoms with E-state index >= 15 is 0 Å². The number of nitrogens with one attached hydrogen (secondary N) is 1. The van der Waals surface area contributed by atoms with E-state index in [1.807, 2.05) is 0 Å². The summed E-state index contributed by atoms with van der Waals surface area (Å²) < 4.78 is 22.3. The van der Waals surface area contributed by atoms with Gasteiger partial charge in [-0.25, -0.2) is 8.78 Å². The Labute approximate surface area is 35.4 Å². The zero-order valence-corrected chi connectivity index (χ0v) is 3.54. The van der Waals surface area contributed by atoms with Crippen molar-refractivity contribution in [3.8, 4) is 0 Å². The van der Waals surface area contributed by atoms with Crippen molar-refractivity contribution in [2.75, 3.05) is 13.7 Å². The van der Waals surface area contributed by atoms with Crippen LogP contribution in [-0.4, -0.2) is 20.0 Å². The van der Waals surface area contributed by atoms with Crippen molar-refractivity contribution < 1.29 is 8.78 Å². The molecule has 1 N–H and O–H groups in total. The van der Waals surface area contributed by atoms with Gasteiger partial charge in [0.25, 0.3) is 0 Å². The van der Waals surface area contributed by atoms with E-state index in [2.05, 4.69) is 5.32 Å². The lowest BCUT2D eigenvalue weighted by atomic mass is 10.7. The minimum Gasteiger partial charge on any atom is -0.289 e.